The largest absolute Gasteiger partial charge is 0.457 e. The van der Waals surface area contributed by atoms with Crippen molar-refractivity contribution in [2.24, 2.45) is 0 Å². The van der Waals surface area contributed by atoms with Crippen LogP contribution < -0.4 is 10.1 Å². The van der Waals surface area contributed by atoms with Crippen molar-refractivity contribution < 1.29 is 17.9 Å². The summed E-state index contributed by atoms with van der Waals surface area (Å²) >= 11 is 3.04. The molecule has 0 heterocycles. The third-order valence-electron chi connectivity index (χ3n) is 2.75. The second kappa shape index (κ2) is 6.49. The number of rotatable bonds is 4. The summed E-state index contributed by atoms with van der Waals surface area (Å²) in [7, 11) is 1.80. The van der Waals surface area contributed by atoms with Gasteiger partial charge < -0.3 is 10.1 Å². The fraction of sp³-hybridized carbons (Fsp3) is 0.200. The minimum atomic E-state index is -4.47. The molecule has 0 saturated carbocycles. The zero-order chi connectivity index (χ0) is 15.5. The Balaban J connectivity index is 2.33. The summed E-state index contributed by atoms with van der Waals surface area (Å²) in [6.45, 7) is 0.615. The molecule has 21 heavy (non-hydrogen) atoms. The van der Waals surface area contributed by atoms with Crippen LogP contribution in [0.5, 0.6) is 11.5 Å². The fourth-order valence-electron chi connectivity index (χ4n) is 1.86. The topological polar surface area (TPSA) is 21.3 Å². The standard InChI is InChI=1S/C15H13BrF3NO/c1-20-9-10-3-2-4-12(7-10)21-14-6-5-11(16)8-13(14)15(17,18)19/h2-8,20H,9H2,1H3. The van der Waals surface area contributed by atoms with Gasteiger partial charge in [0.15, 0.2) is 0 Å². The molecule has 112 valence electrons. The molecule has 0 bridgehead atoms. The Labute approximate surface area is 129 Å². The van der Waals surface area contributed by atoms with Crippen LogP contribution in [0.1, 0.15) is 11.1 Å². The van der Waals surface area contributed by atoms with Gasteiger partial charge in [0.2, 0.25) is 0 Å². The number of halogens is 4. The maximum Gasteiger partial charge on any atom is 0.420 e. The minimum absolute atomic E-state index is 0.215. The van der Waals surface area contributed by atoms with Crippen LogP contribution in [-0.4, -0.2) is 7.05 Å². The zero-order valence-electron chi connectivity index (χ0n) is 11.2. The quantitative estimate of drug-likeness (QED) is 0.831. The molecule has 0 atom stereocenters. The Bertz CT molecular complexity index is 629. The normalized spacial score (nSPS) is 11.5. The van der Waals surface area contributed by atoms with E-state index in [1.54, 1.807) is 25.2 Å². The molecule has 0 aliphatic rings. The van der Waals surface area contributed by atoms with Gasteiger partial charge in [-0.2, -0.15) is 13.2 Å². The van der Waals surface area contributed by atoms with Gasteiger partial charge in [-0.3, -0.25) is 0 Å². The number of hydrogen-bond donors (Lipinski definition) is 1. The highest BCUT2D eigenvalue weighted by atomic mass is 79.9. The monoisotopic (exact) mass is 359 g/mol. The van der Waals surface area contributed by atoms with Crippen LogP contribution in [-0.2, 0) is 12.7 Å². The molecular formula is C15H13BrF3NO. The van der Waals surface area contributed by atoms with Crippen molar-refractivity contribution in [3.8, 4) is 11.5 Å². The van der Waals surface area contributed by atoms with Gasteiger partial charge in [-0.05, 0) is 42.9 Å². The van der Waals surface area contributed by atoms with Crippen molar-refractivity contribution in [2.45, 2.75) is 12.7 Å². The van der Waals surface area contributed by atoms with Gasteiger partial charge in [-0.15, -0.1) is 0 Å². The Morgan fingerprint density at radius 3 is 2.57 bits per heavy atom. The first-order chi connectivity index (χ1) is 9.90. The van der Waals surface area contributed by atoms with Crippen molar-refractivity contribution in [3.05, 3.63) is 58.1 Å². The van der Waals surface area contributed by atoms with Crippen molar-refractivity contribution in [2.75, 3.05) is 7.05 Å². The SMILES string of the molecule is CNCc1cccc(Oc2ccc(Br)cc2C(F)(F)F)c1. The van der Waals surface area contributed by atoms with Crippen LogP contribution in [0.4, 0.5) is 13.2 Å². The highest BCUT2D eigenvalue weighted by molar-refractivity contribution is 9.10. The highest BCUT2D eigenvalue weighted by Gasteiger charge is 2.34. The first-order valence-corrected chi connectivity index (χ1v) is 6.97. The van der Waals surface area contributed by atoms with E-state index in [2.05, 4.69) is 21.2 Å². The molecule has 0 aliphatic heterocycles. The number of hydrogen-bond acceptors (Lipinski definition) is 2. The summed E-state index contributed by atoms with van der Waals surface area (Å²) in [5.74, 6) is 0.155. The molecule has 2 aromatic rings. The molecule has 2 aromatic carbocycles. The number of nitrogens with one attached hydrogen (secondary N) is 1. The molecule has 6 heteroatoms. The lowest BCUT2D eigenvalue weighted by Crippen LogP contribution is -2.07. The number of benzene rings is 2. The van der Waals surface area contributed by atoms with E-state index in [0.29, 0.717) is 16.8 Å². The Morgan fingerprint density at radius 1 is 1.14 bits per heavy atom. The first-order valence-electron chi connectivity index (χ1n) is 6.18. The van der Waals surface area contributed by atoms with E-state index in [-0.39, 0.29) is 5.75 Å². The molecule has 0 aliphatic carbocycles. The van der Waals surface area contributed by atoms with Crippen LogP contribution in [0.25, 0.3) is 0 Å². The van der Waals surface area contributed by atoms with E-state index >= 15 is 0 Å². The van der Waals surface area contributed by atoms with Crippen LogP contribution in [0, 0.1) is 0 Å². The van der Waals surface area contributed by atoms with E-state index in [9.17, 15) is 13.2 Å². The number of ether oxygens (including phenoxy) is 1. The predicted octanol–water partition coefficient (Wildman–Crippen LogP) is 4.98. The van der Waals surface area contributed by atoms with Crippen LogP contribution >= 0.6 is 15.9 Å². The summed E-state index contributed by atoms with van der Waals surface area (Å²) in [5.41, 5.74) is 0.122. The Kier molecular flexibility index (Phi) is 4.90. The first kappa shape index (κ1) is 15.9. The van der Waals surface area contributed by atoms with E-state index in [1.165, 1.54) is 12.1 Å². The average molecular weight is 360 g/mol. The average Bonchev–Trinajstić information content (AvgIpc) is 2.40. The molecule has 0 aromatic heterocycles. The Hall–Kier alpha value is -1.53. The van der Waals surface area contributed by atoms with Gasteiger partial charge in [0, 0.05) is 11.0 Å². The van der Waals surface area contributed by atoms with E-state index in [0.717, 1.165) is 11.6 Å². The summed E-state index contributed by atoms with van der Waals surface area (Å²) in [4.78, 5) is 0. The lowest BCUT2D eigenvalue weighted by molar-refractivity contribution is -0.138. The molecule has 0 amide bonds. The van der Waals surface area contributed by atoms with Crippen molar-refractivity contribution in [1.82, 2.24) is 5.32 Å². The summed E-state index contributed by atoms with van der Waals surface area (Å²) < 4.78 is 44.8. The van der Waals surface area contributed by atoms with Crippen molar-refractivity contribution >= 4 is 15.9 Å². The Morgan fingerprint density at radius 2 is 1.90 bits per heavy atom. The third-order valence-corrected chi connectivity index (χ3v) is 3.25. The second-order valence-corrected chi connectivity index (χ2v) is 5.33. The zero-order valence-corrected chi connectivity index (χ0v) is 12.8. The molecule has 2 rings (SSSR count). The summed E-state index contributed by atoms with van der Waals surface area (Å²) in [6, 6.07) is 10.8. The molecule has 0 spiro atoms. The second-order valence-electron chi connectivity index (χ2n) is 4.42. The molecule has 0 fully saturated rings. The van der Waals surface area contributed by atoms with E-state index < -0.39 is 11.7 Å². The maximum absolute atomic E-state index is 13.0. The highest BCUT2D eigenvalue weighted by Crippen LogP contribution is 2.39. The van der Waals surface area contributed by atoms with Gasteiger partial charge >= 0.3 is 6.18 Å². The van der Waals surface area contributed by atoms with Gasteiger partial charge in [-0.25, -0.2) is 0 Å². The molecule has 0 unspecified atom stereocenters. The molecule has 2 nitrogen and oxygen atoms in total. The third kappa shape index (κ3) is 4.22. The molecule has 0 radical (unpaired) electrons. The molecular weight excluding hydrogens is 347 g/mol. The molecule has 1 N–H and O–H groups in total. The maximum atomic E-state index is 13.0. The lowest BCUT2D eigenvalue weighted by Gasteiger charge is -2.14. The van der Waals surface area contributed by atoms with Crippen molar-refractivity contribution in [3.63, 3.8) is 0 Å². The van der Waals surface area contributed by atoms with Gasteiger partial charge in [0.1, 0.15) is 11.5 Å². The molecule has 0 saturated heterocycles. The van der Waals surface area contributed by atoms with Crippen molar-refractivity contribution in [1.29, 1.82) is 0 Å². The minimum Gasteiger partial charge on any atom is -0.457 e. The van der Waals surface area contributed by atoms with Crippen LogP contribution in [0.3, 0.4) is 0 Å². The van der Waals surface area contributed by atoms with Gasteiger partial charge in [-0.1, -0.05) is 28.1 Å². The van der Waals surface area contributed by atoms with Crippen LogP contribution in [0.2, 0.25) is 0 Å². The number of alkyl halides is 3. The van der Waals surface area contributed by atoms with Crippen LogP contribution in [0.15, 0.2) is 46.9 Å². The smallest absolute Gasteiger partial charge is 0.420 e. The summed E-state index contributed by atoms with van der Waals surface area (Å²) in [5, 5.41) is 2.98. The summed E-state index contributed by atoms with van der Waals surface area (Å²) in [6.07, 6.45) is -4.47. The van der Waals surface area contributed by atoms with E-state index in [1.807, 2.05) is 6.07 Å². The van der Waals surface area contributed by atoms with E-state index in [4.69, 9.17) is 4.74 Å². The fourth-order valence-corrected chi connectivity index (χ4v) is 2.22. The van der Waals surface area contributed by atoms with Gasteiger partial charge in [0.25, 0.3) is 0 Å². The van der Waals surface area contributed by atoms with Gasteiger partial charge in [0.05, 0.1) is 5.56 Å². The lowest BCUT2D eigenvalue weighted by atomic mass is 10.2. The predicted molar refractivity (Wildman–Crippen MR) is 78.4 cm³/mol.